The molecule has 0 radical (unpaired) electrons. The summed E-state index contributed by atoms with van der Waals surface area (Å²) < 4.78 is 1.04. The van der Waals surface area contributed by atoms with Crippen molar-refractivity contribution >= 4 is 33.2 Å². The Kier molecular flexibility index (Phi) is 9.22. The van der Waals surface area contributed by atoms with Crippen molar-refractivity contribution in [3.05, 3.63) is 52.6 Å². The van der Waals surface area contributed by atoms with E-state index in [2.05, 4.69) is 16.4 Å². The fraction of sp³-hybridized carbons (Fsp3) is 0.536. The van der Waals surface area contributed by atoms with E-state index in [-0.39, 0.29) is 30.1 Å². The van der Waals surface area contributed by atoms with Crippen LogP contribution in [0.1, 0.15) is 70.5 Å². The summed E-state index contributed by atoms with van der Waals surface area (Å²) in [5.74, 6) is -1.39. The van der Waals surface area contributed by atoms with Crippen LogP contribution >= 0.6 is 11.3 Å². The molecule has 7 nitrogen and oxygen atoms in total. The monoisotopic (exact) mass is 513 g/mol. The zero-order chi connectivity index (χ0) is 26.6. The summed E-state index contributed by atoms with van der Waals surface area (Å²) in [7, 11) is 0. The van der Waals surface area contributed by atoms with Gasteiger partial charge in [0.25, 0.3) is 0 Å². The van der Waals surface area contributed by atoms with E-state index in [4.69, 9.17) is 5.73 Å². The standard InChI is InChI=1S/C28H39N3O4S/c1-16-7-6-8-17(2)26(34)18(3)27(35)28(4,5)23(32)14-24(33)30-20(11-9-16)19-10-12-22-21(13-19)31-25(15-29)36-22/h6-7,9-10,12-13,17-18,20,23,26,32,34H,8,11,14-15,29H2,1-5H3,(H,30,33)/b7-6+,16-9-/t17-,18+,20-,23-,26-/m0/s1. The van der Waals surface area contributed by atoms with E-state index >= 15 is 0 Å². The molecule has 0 saturated carbocycles. The van der Waals surface area contributed by atoms with Crippen LogP contribution in [0.2, 0.25) is 0 Å². The van der Waals surface area contributed by atoms with Crippen LogP contribution in [0.4, 0.5) is 0 Å². The average Bonchev–Trinajstić information content (AvgIpc) is 3.26. The van der Waals surface area contributed by atoms with Crippen molar-refractivity contribution in [2.45, 2.75) is 78.7 Å². The number of benzene rings is 1. The van der Waals surface area contributed by atoms with E-state index in [1.165, 1.54) is 0 Å². The summed E-state index contributed by atoms with van der Waals surface area (Å²) in [4.78, 5) is 30.9. The first-order valence-electron chi connectivity index (χ1n) is 12.6. The minimum Gasteiger partial charge on any atom is -0.392 e. The minimum atomic E-state index is -1.19. The normalized spacial score (nSPS) is 31.0. The first kappa shape index (κ1) is 28.2. The van der Waals surface area contributed by atoms with Gasteiger partial charge in [0.15, 0.2) is 0 Å². The summed E-state index contributed by atoms with van der Waals surface area (Å²) in [6.07, 6.45) is 5.01. The van der Waals surface area contributed by atoms with Gasteiger partial charge in [-0.3, -0.25) is 9.59 Å². The molecule has 3 rings (SSSR count). The lowest BCUT2D eigenvalue weighted by atomic mass is 9.73. The Morgan fingerprint density at radius 3 is 2.61 bits per heavy atom. The topological polar surface area (TPSA) is 126 Å². The molecule has 0 saturated heterocycles. The Morgan fingerprint density at radius 1 is 1.19 bits per heavy atom. The van der Waals surface area contributed by atoms with Gasteiger partial charge < -0.3 is 21.3 Å². The maximum absolute atomic E-state index is 13.2. The van der Waals surface area contributed by atoms with Gasteiger partial charge >= 0.3 is 0 Å². The first-order chi connectivity index (χ1) is 16.9. The third-order valence-corrected chi connectivity index (χ3v) is 8.35. The molecule has 1 aliphatic heterocycles. The number of nitrogens with zero attached hydrogens (tertiary/aromatic N) is 1. The number of carbonyl (C=O) groups is 2. The molecule has 0 unspecified atom stereocenters. The Morgan fingerprint density at radius 2 is 1.92 bits per heavy atom. The molecule has 36 heavy (non-hydrogen) atoms. The molecule has 0 spiro atoms. The Hall–Kier alpha value is -2.39. The van der Waals surface area contributed by atoms with Crippen LogP contribution in [0.15, 0.2) is 42.0 Å². The highest BCUT2D eigenvalue weighted by molar-refractivity contribution is 7.18. The molecule has 8 heteroatoms. The number of hydrogen-bond acceptors (Lipinski definition) is 7. The maximum Gasteiger partial charge on any atom is 0.223 e. The van der Waals surface area contributed by atoms with Crippen molar-refractivity contribution in [1.82, 2.24) is 10.3 Å². The molecule has 0 bridgehead atoms. The molecular weight excluding hydrogens is 474 g/mol. The number of fused-ring (bicyclic) bond motifs is 1. The van der Waals surface area contributed by atoms with Gasteiger partial charge in [-0.15, -0.1) is 11.3 Å². The molecule has 2 heterocycles. The van der Waals surface area contributed by atoms with Gasteiger partial charge in [0.05, 0.1) is 40.3 Å². The lowest BCUT2D eigenvalue weighted by molar-refractivity contribution is -0.143. The Labute approximate surface area is 217 Å². The third kappa shape index (κ3) is 6.48. The number of rotatable bonds is 2. The van der Waals surface area contributed by atoms with Crippen LogP contribution in [-0.2, 0) is 16.1 Å². The lowest BCUT2D eigenvalue weighted by Gasteiger charge is -2.34. The lowest BCUT2D eigenvalue weighted by Crippen LogP contribution is -2.46. The number of hydrogen-bond donors (Lipinski definition) is 4. The van der Waals surface area contributed by atoms with Crippen LogP contribution in [0, 0.1) is 17.3 Å². The molecule has 196 valence electrons. The van der Waals surface area contributed by atoms with Crippen molar-refractivity contribution in [2.75, 3.05) is 0 Å². The number of amides is 1. The number of Topliss-reactive ketones (excluding diaryl/α,β-unsaturated/α-hetero) is 1. The fourth-order valence-corrected chi connectivity index (χ4v) is 5.46. The van der Waals surface area contributed by atoms with E-state index in [0.717, 1.165) is 26.4 Å². The number of nitrogens with two attached hydrogens (primary N) is 1. The number of carbonyl (C=O) groups excluding carboxylic acids is 2. The first-order valence-corrected chi connectivity index (χ1v) is 13.4. The van der Waals surface area contributed by atoms with E-state index in [1.807, 2.05) is 44.2 Å². The van der Waals surface area contributed by atoms with Gasteiger partial charge in [0, 0.05) is 12.5 Å². The smallest absolute Gasteiger partial charge is 0.223 e. The second kappa shape index (κ2) is 11.8. The number of aliphatic hydroxyl groups is 2. The van der Waals surface area contributed by atoms with E-state index in [0.29, 0.717) is 19.4 Å². The highest BCUT2D eigenvalue weighted by Crippen LogP contribution is 2.32. The predicted molar refractivity (Wildman–Crippen MR) is 144 cm³/mol. The van der Waals surface area contributed by atoms with Crippen molar-refractivity contribution in [1.29, 1.82) is 0 Å². The van der Waals surface area contributed by atoms with Gasteiger partial charge in [0.1, 0.15) is 10.8 Å². The van der Waals surface area contributed by atoms with Gasteiger partial charge in [-0.25, -0.2) is 4.98 Å². The molecule has 0 fully saturated rings. The van der Waals surface area contributed by atoms with Crippen molar-refractivity contribution in [3.63, 3.8) is 0 Å². The van der Waals surface area contributed by atoms with Crippen LogP contribution in [0.3, 0.4) is 0 Å². The van der Waals surface area contributed by atoms with Crippen molar-refractivity contribution in [3.8, 4) is 0 Å². The minimum absolute atomic E-state index is 0.131. The number of thiazole rings is 1. The predicted octanol–water partition coefficient (Wildman–Crippen LogP) is 4.19. The average molecular weight is 514 g/mol. The zero-order valence-electron chi connectivity index (χ0n) is 21.8. The number of ketones is 1. The molecule has 1 aromatic carbocycles. The summed E-state index contributed by atoms with van der Waals surface area (Å²) in [6, 6.07) is 5.62. The van der Waals surface area contributed by atoms with Crippen LogP contribution < -0.4 is 11.1 Å². The molecule has 5 N–H and O–H groups in total. The maximum atomic E-state index is 13.2. The summed E-state index contributed by atoms with van der Waals surface area (Å²) >= 11 is 1.55. The van der Waals surface area contributed by atoms with Crippen molar-refractivity contribution in [2.24, 2.45) is 23.0 Å². The zero-order valence-corrected chi connectivity index (χ0v) is 22.6. The van der Waals surface area contributed by atoms with Crippen molar-refractivity contribution < 1.29 is 19.8 Å². The highest BCUT2D eigenvalue weighted by atomic mass is 32.1. The number of allylic oxidation sites excluding steroid dienone is 3. The van der Waals surface area contributed by atoms with E-state index in [9.17, 15) is 19.8 Å². The number of aromatic nitrogens is 1. The highest BCUT2D eigenvalue weighted by Gasteiger charge is 2.42. The van der Waals surface area contributed by atoms with Gasteiger partial charge in [-0.2, -0.15) is 0 Å². The molecule has 2 aromatic rings. The SMILES string of the molecule is CC1=C/C[C@@H](c2ccc3sc(CN)nc3c2)NC(=O)C[C@H](O)C(C)(C)C(=O)[C@H](C)[C@@H](O)[C@@H](C)C\C=C\1. The second-order valence-electron chi connectivity index (χ2n) is 10.5. The molecule has 1 amide bonds. The molecule has 5 atom stereocenters. The Bertz CT molecular complexity index is 1150. The Balaban J connectivity index is 1.95. The van der Waals surface area contributed by atoms with Gasteiger partial charge in [-0.1, -0.05) is 57.6 Å². The summed E-state index contributed by atoms with van der Waals surface area (Å²) in [6.45, 7) is 9.26. The molecule has 0 aliphatic carbocycles. The van der Waals surface area contributed by atoms with Crippen LogP contribution in [0.5, 0.6) is 0 Å². The fourth-order valence-electron chi connectivity index (χ4n) is 4.64. The van der Waals surface area contributed by atoms with Crippen LogP contribution in [-0.4, -0.2) is 39.1 Å². The van der Waals surface area contributed by atoms with Gasteiger partial charge in [0.2, 0.25) is 5.91 Å². The molecule has 1 aliphatic rings. The second-order valence-corrected chi connectivity index (χ2v) is 11.7. The largest absolute Gasteiger partial charge is 0.392 e. The number of nitrogens with one attached hydrogen (secondary N) is 1. The van der Waals surface area contributed by atoms with E-state index < -0.39 is 23.5 Å². The van der Waals surface area contributed by atoms with Gasteiger partial charge in [-0.05, 0) is 43.4 Å². The third-order valence-electron chi connectivity index (χ3n) is 7.29. The van der Waals surface area contributed by atoms with E-state index in [1.54, 1.807) is 32.1 Å². The van der Waals surface area contributed by atoms with Crippen LogP contribution in [0.25, 0.3) is 10.2 Å². The molecule has 1 aromatic heterocycles. The number of aliphatic hydroxyl groups excluding tert-OH is 2. The molecular formula is C28H39N3O4S. The summed E-state index contributed by atoms with van der Waals surface area (Å²) in [5, 5.41) is 25.6. The summed E-state index contributed by atoms with van der Waals surface area (Å²) in [5.41, 5.74) is 7.36. The quantitative estimate of drug-likeness (QED) is 0.477.